The molecule has 236 valence electrons. The summed E-state index contributed by atoms with van der Waals surface area (Å²) in [5.41, 5.74) is 0. The van der Waals surface area contributed by atoms with Crippen LogP contribution >= 0.6 is 0 Å². The maximum absolute atomic E-state index is 12.7. The van der Waals surface area contributed by atoms with Crippen molar-refractivity contribution in [3.05, 3.63) is 12.2 Å². The Labute approximate surface area is 248 Å². The first-order valence-electron chi connectivity index (χ1n) is 16.7. The van der Waals surface area contributed by atoms with Gasteiger partial charge in [-0.05, 0) is 44.9 Å². The van der Waals surface area contributed by atoms with Crippen LogP contribution < -0.4 is 0 Å². The summed E-state index contributed by atoms with van der Waals surface area (Å²) in [6.45, 7) is 11.5. The van der Waals surface area contributed by atoms with Gasteiger partial charge in [0.1, 0.15) is 13.2 Å². The van der Waals surface area contributed by atoms with Gasteiger partial charge in [0, 0.05) is 19.3 Å². The Morgan fingerprint density at radius 1 is 0.500 bits per heavy atom. The fraction of sp³-hybridized carbons (Fsp3) is 0.853. The minimum Gasteiger partial charge on any atom is -0.464 e. The quantitative estimate of drug-likeness (QED) is 0.0591. The first-order chi connectivity index (χ1) is 19.5. The second-order valence-electron chi connectivity index (χ2n) is 10.7. The lowest BCUT2D eigenvalue weighted by molar-refractivity contribution is -0.147. The fourth-order valence-corrected chi connectivity index (χ4v) is 3.96. The number of carbonyl (C=O) groups is 3. The van der Waals surface area contributed by atoms with E-state index in [9.17, 15) is 14.4 Å². The summed E-state index contributed by atoms with van der Waals surface area (Å²) in [5, 5.41) is 0. The van der Waals surface area contributed by atoms with Gasteiger partial charge in [0.05, 0.1) is 13.1 Å². The number of nitrogens with zero attached hydrogens (tertiary/aromatic N) is 1. The average molecular weight is 568 g/mol. The van der Waals surface area contributed by atoms with E-state index in [1.807, 2.05) is 13.8 Å². The van der Waals surface area contributed by atoms with Crippen molar-refractivity contribution >= 4 is 17.8 Å². The number of carbonyl (C=O) groups excluding carboxylic acids is 3. The zero-order chi connectivity index (χ0) is 30.1. The molecule has 0 aliphatic carbocycles. The summed E-state index contributed by atoms with van der Waals surface area (Å²) in [5.74, 6) is -0.446. The second kappa shape index (κ2) is 33.4. The molecule has 0 atom stereocenters. The van der Waals surface area contributed by atoms with Gasteiger partial charge in [0.2, 0.25) is 5.91 Å². The SMILES string of the molecule is CCCC.CCCCCCCC/C=C\CCCCCCCC(=O)N(CCOC(=O)CCC)CCOC(=O)CCC. The van der Waals surface area contributed by atoms with Gasteiger partial charge in [-0.1, -0.05) is 111 Å². The van der Waals surface area contributed by atoms with E-state index < -0.39 is 0 Å². The van der Waals surface area contributed by atoms with Crippen molar-refractivity contribution in [3.63, 3.8) is 0 Å². The number of allylic oxidation sites excluding steroid dienone is 2. The zero-order valence-electron chi connectivity index (χ0n) is 27.1. The van der Waals surface area contributed by atoms with Crippen LogP contribution in [0, 0.1) is 0 Å². The molecule has 0 aromatic carbocycles. The van der Waals surface area contributed by atoms with Crippen molar-refractivity contribution in [3.8, 4) is 0 Å². The Hall–Kier alpha value is -1.85. The highest BCUT2D eigenvalue weighted by Crippen LogP contribution is 2.11. The molecule has 1 amide bonds. The standard InChI is InChI=1S/C30H55NO5.C4H10/c1-4-7-8-9-10-11-12-13-14-15-16-17-18-19-20-23-28(32)31(24-26-35-29(33)21-5-2)25-27-36-30(34)22-6-3;1-3-4-2/h13-14H,4-12,15-27H2,1-3H3;3-4H2,1-2H3/b14-13-;. The zero-order valence-corrected chi connectivity index (χ0v) is 27.1. The Morgan fingerprint density at radius 2 is 0.925 bits per heavy atom. The third-order valence-corrected chi connectivity index (χ3v) is 6.66. The number of rotatable bonds is 26. The normalized spacial score (nSPS) is 10.7. The van der Waals surface area contributed by atoms with Crippen LogP contribution in [-0.4, -0.2) is 49.0 Å². The minimum absolute atomic E-state index is 0.0331. The van der Waals surface area contributed by atoms with Crippen molar-refractivity contribution in [1.29, 1.82) is 0 Å². The summed E-state index contributed by atoms with van der Waals surface area (Å²) in [6, 6.07) is 0. The lowest BCUT2D eigenvalue weighted by atomic mass is 10.1. The maximum Gasteiger partial charge on any atom is 0.305 e. The summed E-state index contributed by atoms with van der Waals surface area (Å²) in [4.78, 5) is 37.6. The van der Waals surface area contributed by atoms with Crippen molar-refractivity contribution in [2.24, 2.45) is 0 Å². The number of ether oxygens (including phenoxy) is 2. The highest BCUT2D eigenvalue weighted by molar-refractivity contribution is 5.76. The summed E-state index contributed by atoms with van der Waals surface area (Å²) < 4.78 is 10.4. The van der Waals surface area contributed by atoms with Crippen molar-refractivity contribution in [2.45, 2.75) is 163 Å². The van der Waals surface area contributed by atoms with Gasteiger partial charge >= 0.3 is 11.9 Å². The molecule has 0 saturated carbocycles. The van der Waals surface area contributed by atoms with E-state index in [0.29, 0.717) is 32.4 Å². The summed E-state index contributed by atoms with van der Waals surface area (Å²) in [6.07, 6.45) is 25.9. The number of amides is 1. The van der Waals surface area contributed by atoms with Gasteiger partial charge in [0.15, 0.2) is 0 Å². The highest BCUT2D eigenvalue weighted by atomic mass is 16.5. The van der Waals surface area contributed by atoms with Crippen LogP contribution in [0.3, 0.4) is 0 Å². The molecule has 0 heterocycles. The van der Waals surface area contributed by atoms with Crippen LogP contribution in [0.4, 0.5) is 0 Å². The third kappa shape index (κ3) is 30.7. The predicted molar refractivity (Wildman–Crippen MR) is 168 cm³/mol. The molecule has 0 bridgehead atoms. The van der Waals surface area contributed by atoms with E-state index in [2.05, 4.69) is 32.9 Å². The van der Waals surface area contributed by atoms with Crippen LogP contribution in [0.2, 0.25) is 0 Å². The molecule has 0 fully saturated rings. The Morgan fingerprint density at radius 3 is 1.35 bits per heavy atom. The minimum atomic E-state index is -0.239. The molecule has 0 saturated heterocycles. The van der Waals surface area contributed by atoms with Gasteiger partial charge in [-0.15, -0.1) is 0 Å². The predicted octanol–water partition coefficient (Wildman–Crippen LogP) is 9.35. The summed E-state index contributed by atoms with van der Waals surface area (Å²) in [7, 11) is 0. The third-order valence-electron chi connectivity index (χ3n) is 6.66. The molecule has 0 unspecified atom stereocenters. The van der Waals surface area contributed by atoms with E-state index in [0.717, 1.165) is 38.5 Å². The molecule has 0 aromatic heterocycles. The number of esters is 2. The van der Waals surface area contributed by atoms with Gasteiger partial charge < -0.3 is 14.4 Å². The second-order valence-corrected chi connectivity index (χ2v) is 10.7. The van der Waals surface area contributed by atoms with E-state index >= 15 is 0 Å². The van der Waals surface area contributed by atoms with Gasteiger partial charge in [-0.2, -0.15) is 0 Å². The van der Waals surface area contributed by atoms with Crippen LogP contribution in [0.25, 0.3) is 0 Å². The van der Waals surface area contributed by atoms with Crippen molar-refractivity contribution in [1.82, 2.24) is 4.90 Å². The smallest absolute Gasteiger partial charge is 0.305 e. The highest BCUT2D eigenvalue weighted by Gasteiger charge is 2.15. The molecule has 6 nitrogen and oxygen atoms in total. The Balaban J connectivity index is 0. The molecule has 0 aliphatic heterocycles. The average Bonchev–Trinajstić information content (AvgIpc) is 2.94. The topological polar surface area (TPSA) is 72.9 Å². The lowest BCUT2D eigenvalue weighted by Crippen LogP contribution is -2.37. The molecule has 0 spiro atoms. The van der Waals surface area contributed by atoms with Crippen molar-refractivity contribution in [2.75, 3.05) is 26.3 Å². The Kier molecular flexibility index (Phi) is 33.6. The van der Waals surface area contributed by atoms with Crippen LogP contribution in [0.5, 0.6) is 0 Å². The fourth-order valence-electron chi connectivity index (χ4n) is 3.96. The molecular weight excluding hydrogens is 502 g/mol. The molecule has 0 N–H and O–H groups in total. The van der Waals surface area contributed by atoms with E-state index in [1.54, 1.807) is 4.90 Å². The van der Waals surface area contributed by atoms with Crippen LogP contribution in [0.1, 0.15) is 163 Å². The van der Waals surface area contributed by atoms with Gasteiger partial charge in [-0.3, -0.25) is 14.4 Å². The molecule has 0 rings (SSSR count). The van der Waals surface area contributed by atoms with Gasteiger partial charge in [0.25, 0.3) is 0 Å². The van der Waals surface area contributed by atoms with Gasteiger partial charge in [-0.25, -0.2) is 0 Å². The van der Waals surface area contributed by atoms with E-state index in [-0.39, 0.29) is 31.1 Å². The van der Waals surface area contributed by atoms with E-state index in [1.165, 1.54) is 70.6 Å². The maximum atomic E-state index is 12.7. The molecule has 0 aromatic rings. The molecule has 6 heteroatoms. The number of hydrogen-bond acceptors (Lipinski definition) is 5. The molecule has 0 radical (unpaired) electrons. The first-order valence-corrected chi connectivity index (χ1v) is 16.7. The largest absolute Gasteiger partial charge is 0.464 e. The lowest BCUT2D eigenvalue weighted by Gasteiger charge is -2.22. The van der Waals surface area contributed by atoms with Crippen LogP contribution in [0.15, 0.2) is 12.2 Å². The molecular formula is C34H65NO5. The van der Waals surface area contributed by atoms with Crippen molar-refractivity contribution < 1.29 is 23.9 Å². The Bertz CT molecular complexity index is 579. The molecule has 0 aliphatic rings. The van der Waals surface area contributed by atoms with E-state index in [4.69, 9.17) is 9.47 Å². The first kappa shape index (κ1) is 40.3. The monoisotopic (exact) mass is 567 g/mol. The number of unbranched alkanes of at least 4 members (excludes halogenated alkanes) is 12. The summed E-state index contributed by atoms with van der Waals surface area (Å²) >= 11 is 0. The molecule has 40 heavy (non-hydrogen) atoms. The number of hydrogen-bond donors (Lipinski definition) is 0. The van der Waals surface area contributed by atoms with Crippen LogP contribution in [-0.2, 0) is 23.9 Å².